The predicted molar refractivity (Wildman–Crippen MR) is 121 cm³/mol. The van der Waals surface area contributed by atoms with Gasteiger partial charge >= 0.3 is 5.97 Å². The molecule has 0 N–H and O–H groups in total. The van der Waals surface area contributed by atoms with Gasteiger partial charge in [0.25, 0.3) is 5.91 Å². The van der Waals surface area contributed by atoms with Gasteiger partial charge in [-0.3, -0.25) is 9.69 Å². The number of aromatic nitrogens is 1. The predicted octanol–water partition coefficient (Wildman–Crippen LogP) is 5.13. The molecule has 0 radical (unpaired) electrons. The summed E-state index contributed by atoms with van der Waals surface area (Å²) in [5.41, 5.74) is 4.09. The molecule has 6 heteroatoms. The molecule has 0 aliphatic heterocycles. The zero-order valence-electron chi connectivity index (χ0n) is 17.8. The Morgan fingerprint density at radius 2 is 1.70 bits per heavy atom. The van der Waals surface area contributed by atoms with E-state index in [9.17, 15) is 9.59 Å². The van der Waals surface area contributed by atoms with E-state index in [1.54, 1.807) is 11.8 Å². The number of aryl methyl sites for hydroxylation is 3. The van der Waals surface area contributed by atoms with Gasteiger partial charge in [-0.05, 0) is 51.8 Å². The summed E-state index contributed by atoms with van der Waals surface area (Å²) in [6.07, 6.45) is 0.685. The first-order valence-electron chi connectivity index (χ1n) is 9.97. The van der Waals surface area contributed by atoms with Crippen molar-refractivity contribution in [2.75, 3.05) is 18.1 Å². The molecule has 3 aromatic rings. The van der Waals surface area contributed by atoms with E-state index in [2.05, 4.69) is 4.98 Å². The second kappa shape index (κ2) is 9.67. The van der Waals surface area contributed by atoms with E-state index in [0.717, 1.165) is 21.6 Å². The van der Waals surface area contributed by atoms with Crippen molar-refractivity contribution >= 4 is 28.3 Å². The van der Waals surface area contributed by atoms with Gasteiger partial charge in [0.2, 0.25) is 0 Å². The Morgan fingerprint density at radius 1 is 1.03 bits per heavy atom. The lowest BCUT2D eigenvalue weighted by Crippen LogP contribution is -2.33. The summed E-state index contributed by atoms with van der Waals surface area (Å²) < 4.78 is 5.11. The van der Waals surface area contributed by atoms with Crippen LogP contribution in [-0.2, 0) is 11.2 Å². The van der Waals surface area contributed by atoms with E-state index in [4.69, 9.17) is 4.74 Å². The van der Waals surface area contributed by atoms with E-state index < -0.39 is 5.97 Å². The summed E-state index contributed by atoms with van der Waals surface area (Å²) in [6.45, 7) is 8.28. The fraction of sp³-hybridized carbons (Fsp3) is 0.292. The molecule has 1 aromatic heterocycles. The van der Waals surface area contributed by atoms with Crippen molar-refractivity contribution in [3.8, 4) is 0 Å². The molecule has 30 heavy (non-hydrogen) atoms. The standard InChI is InChI=1S/C24H26N2O3S/c1-5-29-23(28)21-18(4)30-24(25-21)26(12-11-19-9-7-6-8-10-19)22(27)20-14-16(2)13-17(3)15-20/h6-10,13-15H,5,11-12H2,1-4H3. The molecule has 156 valence electrons. The van der Waals surface area contributed by atoms with Crippen molar-refractivity contribution in [1.82, 2.24) is 4.98 Å². The Hall–Kier alpha value is -2.99. The summed E-state index contributed by atoms with van der Waals surface area (Å²) >= 11 is 1.34. The van der Waals surface area contributed by atoms with Crippen LogP contribution in [0.15, 0.2) is 48.5 Å². The van der Waals surface area contributed by atoms with Gasteiger partial charge in [-0.2, -0.15) is 0 Å². The third-order valence-electron chi connectivity index (χ3n) is 4.67. The van der Waals surface area contributed by atoms with Crippen molar-refractivity contribution in [2.24, 2.45) is 0 Å². The molecule has 0 aliphatic carbocycles. The molecule has 0 aliphatic rings. The second-order valence-electron chi connectivity index (χ2n) is 7.19. The van der Waals surface area contributed by atoms with Gasteiger partial charge in [0.05, 0.1) is 6.61 Å². The van der Waals surface area contributed by atoms with E-state index in [1.807, 2.05) is 69.3 Å². The molecule has 0 saturated carbocycles. The third-order valence-corrected chi connectivity index (χ3v) is 5.66. The van der Waals surface area contributed by atoms with E-state index in [0.29, 0.717) is 23.7 Å². The van der Waals surface area contributed by atoms with Gasteiger partial charge in [-0.1, -0.05) is 47.5 Å². The van der Waals surface area contributed by atoms with Crippen LogP contribution in [0.1, 0.15) is 49.3 Å². The molecule has 1 amide bonds. The molecule has 0 spiro atoms. The van der Waals surface area contributed by atoms with Crippen LogP contribution in [0.2, 0.25) is 0 Å². The maximum absolute atomic E-state index is 13.5. The second-order valence-corrected chi connectivity index (χ2v) is 8.37. The lowest BCUT2D eigenvalue weighted by atomic mass is 10.1. The van der Waals surface area contributed by atoms with Crippen molar-refractivity contribution in [2.45, 2.75) is 34.1 Å². The molecule has 1 heterocycles. The lowest BCUT2D eigenvalue weighted by molar-refractivity contribution is 0.0519. The lowest BCUT2D eigenvalue weighted by Gasteiger charge is -2.20. The Balaban J connectivity index is 1.95. The van der Waals surface area contributed by atoms with Crippen LogP contribution in [0.5, 0.6) is 0 Å². The minimum atomic E-state index is -0.459. The number of amides is 1. The SMILES string of the molecule is CCOC(=O)c1nc(N(CCc2ccccc2)C(=O)c2cc(C)cc(C)c2)sc1C. The smallest absolute Gasteiger partial charge is 0.358 e. The molecule has 3 rings (SSSR count). The number of carbonyl (C=O) groups excluding carboxylic acids is 2. The van der Waals surface area contributed by atoms with Crippen LogP contribution in [0, 0.1) is 20.8 Å². The monoisotopic (exact) mass is 422 g/mol. The number of ether oxygens (including phenoxy) is 1. The van der Waals surface area contributed by atoms with Crippen LogP contribution < -0.4 is 4.90 Å². The summed E-state index contributed by atoms with van der Waals surface area (Å²) in [4.78, 5) is 32.6. The number of anilines is 1. The van der Waals surface area contributed by atoms with Crippen molar-refractivity contribution in [3.05, 3.63) is 81.4 Å². The number of carbonyl (C=O) groups is 2. The van der Waals surface area contributed by atoms with Crippen molar-refractivity contribution in [3.63, 3.8) is 0 Å². The van der Waals surface area contributed by atoms with E-state index in [-0.39, 0.29) is 18.2 Å². The van der Waals surface area contributed by atoms with Gasteiger partial charge < -0.3 is 4.74 Å². The molecular weight excluding hydrogens is 396 g/mol. The van der Waals surface area contributed by atoms with E-state index in [1.165, 1.54) is 11.3 Å². The zero-order chi connectivity index (χ0) is 21.7. The number of hydrogen-bond acceptors (Lipinski definition) is 5. The van der Waals surface area contributed by atoms with Gasteiger partial charge in [-0.15, -0.1) is 11.3 Å². The Labute approximate surface area is 181 Å². The summed E-state index contributed by atoms with van der Waals surface area (Å²) in [6, 6.07) is 15.8. The van der Waals surface area contributed by atoms with Gasteiger partial charge in [0, 0.05) is 17.0 Å². The highest BCUT2D eigenvalue weighted by Crippen LogP contribution is 2.28. The number of nitrogens with zero attached hydrogens (tertiary/aromatic N) is 2. The number of rotatable bonds is 7. The average molecular weight is 423 g/mol. The molecule has 5 nitrogen and oxygen atoms in total. The maximum atomic E-state index is 13.5. The van der Waals surface area contributed by atoms with Gasteiger partial charge in [0.15, 0.2) is 10.8 Å². The molecule has 2 aromatic carbocycles. The Bertz CT molecular complexity index is 1020. The highest BCUT2D eigenvalue weighted by Gasteiger charge is 2.25. The van der Waals surface area contributed by atoms with Crippen LogP contribution in [0.25, 0.3) is 0 Å². The van der Waals surface area contributed by atoms with Crippen LogP contribution in [-0.4, -0.2) is 30.0 Å². The normalized spacial score (nSPS) is 10.7. The van der Waals surface area contributed by atoms with E-state index >= 15 is 0 Å². The minimum Gasteiger partial charge on any atom is -0.461 e. The first-order valence-corrected chi connectivity index (χ1v) is 10.8. The van der Waals surface area contributed by atoms with Crippen LogP contribution >= 0.6 is 11.3 Å². The summed E-state index contributed by atoms with van der Waals surface area (Å²) in [5.74, 6) is -0.582. The summed E-state index contributed by atoms with van der Waals surface area (Å²) in [7, 11) is 0. The van der Waals surface area contributed by atoms with Gasteiger partial charge in [0.1, 0.15) is 0 Å². The van der Waals surface area contributed by atoms with Crippen LogP contribution in [0.4, 0.5) is 5.13 Å². The maximum Gasteiger partial charge on any atom is 0.358 e. The fourth-order valence-corrected chi connectivity index (χ4v) is 4.23. The Morgan fingerprint density at radius 3 is 2.33 bits per heavy atom. The number of thiazole rings is 1. The number of esters is 1. The minimum absolute atomic E-state index is 0.123. The Kier molecular flexibility index (Phi) is 7.00. The molecule has 0 bridgehead atoms. The fourth-order valence-electron chi connectivity index (χ4n) is 3.31. The number of benzene rings is 2. The van der Waals surface area contributed by atoms with Crippen LogP contribution in [0.3, 0.4) is 0 Å². The first kappa shape index (κ1) is 21.7. The third kappa shape index (κ3) is 5.13. The molecule has 0 unspecified atom stereocenters. The van der Waals surface area contributed by atoms with Gasteiger partial charge in [-0.25, -0.2) is 9.78 Å². The molecule has 0 fully saturated rings. The molecule has 0 atom stereocenters. The van der Waals surface area contributed by atoms with Crippen molar-refractivity contribution < 1.29 is 14.3 Å². The molecular formula is C24H26N2O3S. The highest BCUT2D eigenvalue weighted by atomic mass is 32.1. The highest BCUT2D eigenvalue weighted by molar-refractivity contribution is 7.16. The van der Waals surface area contributed by atoms with Crippen molar-refractivity contribution in [1.29, 1.82) is 0 Å². The average Bonchev–Trinajstić information content (AvgIpc) is 3.09. The zero-order valence-corrected chi connectivity index (χ0v) is 18.6. The largest absolute Gasteiger partial charge is 0.461 e. The summed E-state index contributed by atoms with van der Waals surface area (Å²) in [5, 5.41) is 0.510. The first-order chi connectivity index (χ1) is 14.4. The molecule has 0 saturated heterocycles. The topological polar surface area (TPSA) is 59.5 Å². The quantitative estimate of drug-likeness (QED) is 0.495. The number of hydrogen-bond donors (Lipinski definition) is 0.